The fourth-order valence-corrected chi connectivity index (χ4v) is 4.10. The van der Waals surface area contributed by atoms with Gasteiger partial charge in [-0.1, -0.05) is 60.7 Å². The average molecular weight is 656 g/mol. The molecule has 16 heteroatoms. The van der Waals surface area contributed by atoms with E-state index in [1.165, 1.54) is 6.92 Å². The van der Waals surface area contributed by atoms with Gasteiger partial charge in [0.2, 0.25) is 35.4 Å². The van der Waals surface area contributed by atoms with E-state index in [0.717, 1.165) is 0 Å². The van der Waals surface area contributed by atoms with Gasteiger partial charge in [-0.15, -0.1) is 0 Å². The van der Waals surface area contributed by atoms with Crippen LogP contribution in [0.3, 0.4) is 0 Å². The maximum absolute atomic E-state index is 13.3. The van der Waals surface area contributed by atoms with Gasteiger partial charge < -0.3 is 52.6 Å². The highest BCUT2D eigenvalue weighted by Crippen LogP contribution is 2.06. The van der Waals surface area contributed by atoms with E-state index in [4.69, 9.17) is 10.8 Å². The Labute approximate surface area is 271 Å². The second-order valence-electron chi connectivity index (χ2n) is 10.5. The number of amides is 6. The van der Waals surface area contributed by atoms with Crippen molar-refractivity contribution in [3.8, 4) is 0 Å². The van der Waals surface area contributed by atoms with Gasteiger partial charge in [-0.05, 0) is 18.1 Å². The third-order valence-corrected chi connectivity index (χ3v) is 6.63. The second kappa shape index (κ2) is 20.0. The molecule has 47 heavy (non-hydrogen) atoms. The standard InChI is InChI=1S/C31H41N7O9/c1-19(32)28(44)33-15-27(43)36-24(13-21-10-6-3-7-11-21)30(46)38-25(18-41)31(47)37-23(12-20-8-4-2-5-9-20)29(45)34-14-26(42)35-22(16-39)17-40/h2-11,16,19,22-25,40-41H,12-15,17-18,32H2,1H3,(H,33,44)(H,34,45)(H,35,42)(H,36,43)(H,37,47)(H,38,46)/t19-,22+,23-,24-,25-/m0/s1. The summed E-state index contributed by atoms with van der Waals surface area (Å²) < 4.78 is 0. The summed E-state index contributed by atoms with van der Waals surface area (Å²) in [6, 6.07) is 11.2. The molecule has 0 radical (unpaired) electrons. The summed E-state index contributed by atoms with van der Waals surface area (Å²) in [7, 11) is 0. The van der Waals surface area contributed by atoms with Crippen LogP contribution in [-0.2, 0) is 46.4 Å². The first kappa shape index (κ1) is 38.0. The van der Waals surface area contributed by atoms with Gasteiger partial charge in [0.25, 0.3) is 0 Å². The quantitative estimate of drug-likeness (QED) is 0.0666. The number of aliphatic hydroxyl groups excluding tert-OH is 2. The van der Waals surface area contributed by atoms with Crippen molar-refractivity contribution >= 4 is 41.7 Å². The van der Waals surface area contributed by atoms with E-state index in [2.05, 4.69) is 31.9 Å². The minimum atomic E-state index is -1.55. The van der Waals surface area contributed by atoms with E-state index >= 15 is 0 Å². The lowest BCUT2D eigenvalue weighted by atomic mass is 10.0. The number of benzene rings is 2. The van der Waals surface area contributed by atoms with Gasteiger partial charge in [0.05, 0.1) is 32.3 Å². The number of rotatable bonds is 19. The van der Waals surface area contributed by atoms with Gasteiger partial charge in [-0.2, -0.15) is 0 Å². The first-order chi connectivity index (χ1) is 22.5. The number of nitrogens with two attached hydrogens (primary N) is 1. The third kappa shape index (κ3) is 13.8. The van der Waals surface area contributed by atoms with Crippen LogP contribution >= 0.6 is 0 Å². The van der Waals surface area contributed by atoms with Gasteiger partial charge in [0.1, 0.15) is 30.5 Å². The molecule has 0 bridgehead atoms. The molecule has 16 nitrogen and oxygen atoms in total. The van der Waals surface area contributed by atoms with E-state index in [1.54, 1.807) is 60.7 Å². The molecular weight excluding hydrogens is 614 g/mol. The van der Waals surface area contributed by atoms with Crippen molar-refractivity contribution in [1.82, 2.24) is 31.9 Å². The smallest absolute Gasteiger partial charge is 0.245 e. The maximum atomic E-state index is 13.3. The van der Waals surface area contributed by atoms with Crippen LogP contribution in [0.15, 0.2) is 60.7 Å². The van der Waals surface area contributed by atoms with Crippen molar-refractivity contribution in [3.63, 3.8) is 0 Å². The highest BCUT2D eigenvalue weighted by atomic mass is 16.3. The normalized spacial score (nSPS) is 13.8. The van der Waals surface area contributed by atoms with Crippen LogP contribution in [0.5, 0.6) is 0 Å². The molecule has 0 heterocycles. The molecule has 254 valence electrons. The number of nitrogens with one attached hydrogen (secondary N) is 6. The maximum Gasteiger partial charge on any atom is 0.245 e. The monoisotopic (exact) mass is 655 g/mol. The number of carbonyl (C=O) groups excluding carboxylic acids is 7. The molecule has 2 aromatic rings. The zero-order chi connectivity index (χ0) is 34.8. The number of hydrogen-bond acceptors (Lipinski definition) is 10. The lowest BCUT2D eigenvalue weighted by molar-refractivity contribution is -0.134. The number of aldehydes is 1. The molecule has 0 aliphatic carbocycles. The average Bonchev–Trinajstić information content (AvgIpc) is 3.07. The zero-order valence-electron chi connectivity index (χ0n) is 25.8. The molecule has 5 atom stereocenters. The number of aliphatic hydroxyl groups is 2. The Morgan fingerprint density at radius 1 is 0.638 bits per heavy atom. The minimum Gasteiger partial charge on any atom is -0.394 e. The van der Waals surface area contributed by atoms with E-state index in [-0.39, 0.29) is 12.8 Å². The Kier molecular flexibility index (Phi) is 16.2. The summed E-state index contributed by atoms with van der Waals surface area (Å²) >= 11 is 0. The van der Waals surface area contributed by atoms with Gasteiger partial charge in [0.15, 0.2) is 0 Å². The van der Waals surface area contributed by atoms with Crippen LogP contribution in [0, 0.1) is 0 Å². The van der Waals surface area contributed by atoms with Crippen molar-refractivity contribution < 1.29 is 43.8 Å². The topological polar surface area (TPSA) is 258 Å². The van der Waals surface area contributed by atoms with Crippen LogP contribution in [0.2, 0.25) is 0 Å². The van der Waals surface area contributed by atoms with Gasteiger partial charge >= 0.3 is 0 Å². The fourth-order valence-electron chi connectivity index (χ4n) is 4.10. The Morgan fingerprint density at radius 2 is 1.09 bits per heavy atom. The predicted octanol–water partition coefficient (Wildman–Crippen LogP) is -3.83. The lowest BCUT2D eigenvalue weighted by Gasteiger charge is -2.25. The van der Waals surface area contributed by atoms with Crippen molar-refractivity contribution in [1.29, 1.82) is 0 Å². The Balaban J connectivity index is 2.16. The molecule has 0 saturated carbocycles. The highest BCUT2D eigenvalue weighted by molar-refractivity contribution is 5.96. The van der Waals surface area contributed by atoms with Gasteiger partial charge in [0, 0.05) is 12.8 Å². The molecule has 6 amide bonds. The van der Waals surface area contributed by atoms with Crippen LogP contribution in [0.25, 0.3) is 0 Å². The molecule has 0 fully saturated rings. The molecule has 10 N–H and O–H groups in total. The first-order valence-electron chi connectivity index (χ1n) is 14.7. The Bertz CT molecular complexity index is 1360. The third-order valence-electron chi connectivity index (χ3n) is 6.63. The number of carbonyl (C=O) groups is 7. The molecule has 0 aliphatic heterocycles. The van der Waals surface area contributed by atoms with Crippen LogP contribution < -0.4 is 37.6 Å². The van der Waals surface area contributed by atoms with Gasteiger partial charge in [-0.25, -0.2) is 0 Å². The summed E-state index contributed by atoms with van der Waals surface area (Å²) in [4.78, 5) is 87.0. The van der Waals surface area contributed by atoms with Crippen molar-refractivity contribution in [2.24, 2.45) is 5.73 Å². The summed E-state index contributed by atoms with van der Waals surface area (Å²) in [5.41, 5.74) is 6.80. The van der Waals surface area contributed by atoms with Crippen molar-refractivity contribution in [3.05, 3.63) is 71.8 Å². The fraction of sp³-hybridized carbons (Fsp3) is 0.387. The largest absolute Gasteiger partial charge is 0.394 e. The zero-order valence-corrected chi connectivity index (χ0v) is 25.8. The van der Waals surface area contributed by atoms with Gasteiger partial charge in [-0.3, -0.25) is 28.8 Å². The molecule has 0 saturated heterocycles. The molecule has 0 unspecified atom stereocenters. The Hall–Kier alpha value is -5.19. The molecule has 0 aromatic heterocycles. The van der Waals surface area contributed by atoms with Crippen LogP contribution in [0.1, 0.15) is 18.1 Å². The lowest BCUT2D eigenvalue weighted by Crippen LogP contribution is -2.59. The van der Waals surface area contributed by atoms with Crippen molar-refractivity contribution in [2.75, 3.05) is 26.3 Å². The summed E-state index contributed by atoms with van der Waals surface area (Å²) in [5, 5.41) is 33.4. The van der Waals surface area contributed by atoms with E-state index in [9.17, 15) is 38.7 Å². The molecule has 2 rings (SSSR count). The van der Waals surface area contributed by atoms with E-state index in [1.807, 2.05) is 0 Å². The molecule has 2 aromatic carbocycles. The van der Waals surface area contributed by atoms with E-state index in [0.29, 0.717) is 17.4 Å². The summed E-state index contributed by atoms with van der Waals surface area (Å²) in [6.45, 7) is -1.11. The molecular formula is C31H41N7O9. The second-order valence-corrected chi connectivity index (χ2v) is 10.5. The van der Waals surface area contributed by atoms with Crippen LogP contribution in [0.4, 0.5) is 0 Å². The van der Waals surface area contributed by atoms with Crippen LogP contribution in [-0.4, -0.2) is 108 Å². The SMILES string of the molecule is C[C@H](N)C(=O)NCC(=O)N[C@@H](Cc1ccccc1)C(=O)N[C@@H](CO)C(=O)N[C@@H](Cc1ccccc1)C(=O)NCC(=O)N[C@H](C=O)CO. The minimum absolute atomic E-state index is 0.00175. The summed E-state index contributed by atoms with van der Waals surface area (Å²) in [5.74, 6) is -4.59. The summed E-state index contributed by atoms with van der Waals surface area (Å²) in [6.07, 6.45) is 0.304. The van der Waals surface area contributed by atoms with E-state index < -0.39 is 92.0 Å². The van der Waals surface area contributed by atoms with Crippen molar-refractivity contribution in [2.45, 2.75) is 50.0 Å². The Morgan fingerprint density at radius 3 is 1.55 bits per heavy atom. The predicted molar refractivity (Wildman–Crippen MR) is 168 cm³/mol. The molecule has 0 spiro atoms. The highest BCUT2D eigenvalue weighted by Gasteiger charge is 2.30. The molecule has 0 aliphatic rings. The number of hydrogen-bond donors (Lipinski definition) is 9. The first-order valence-corrected chi connectivity index (χ1v) is 14.7.